The maximum Gasteiger partial charge on any atom is 0.144 e. The SMILES string of the molecule is CCC(Cl)(C#N)CCl. The molecule has 0 bridgehead atoms. The van der Waals surface area contributed by atoms with E-state index in [9.17, 15) is 0 Å². The molecule has 8 heavy (non-hydrogen) atoms. The normalized spacial score (nSPS) is 16.8. The molecule has 1 nitrogen and oxygen atoms in total. The smallest absolute Gasteiger partial charge is 0.144 e. The van der Waals surface area contributed by atoms with Gasteiger partial charge in [0.05, 0.1) is 11.9 Å². The molecule has 46 valence electrons. The van der Waals surface area contributed by atoms with E-state index in [2.05, 4.69) is 0 Å². The van der Waals surface area contributed by atoms with Crippen molar-refractivity contribution < 1.29 is 0 Å². The minimum absolute atomic E-state index is 0.196. The van der Waals surface area contributed by atoms with Crippen molar-refractivity contribution >= 4 is 23.2 Å². The third-order valence-corrected chi connectivity index (χ3v) is 2.05. The maximum atomic E-state index is 8.32. The molecular formula is C5H7Cl2N. The van der Waals surface area contributed by atoms with Gasteiger partial charge in [-0.2, -0.15) is 5.26 Å². The number of alkyl halides is 2. The third-order valence-electron chi connectivity index (χ3n) is 0.973. The van der Waals surface area contributed by atoms with Crippen molar-refractivity contribution in [1.82, 2.24) is 0 Å². The quantitative estimate of drug-likeness (QED) is 0.556. The fourth-order valence-corrected chi connectivity index (χ4v) is 0.452. The molecule has 0 amide bonds. The first-order valence-electron chi connectivity index (χ1n) is 2.34. The fourth-order valence-electron chi connectivity index (χ4n) is 0.203. The Hall–Kier alpha value is 0.0700. The Bertz CT molecular complexity index is 101. The molecule has 0 radical (unpaired) electrons. The number of nitrogens with zero attached hydrogens (tertiary/aromatic N) is 1. The van der Waals surface area contributed by atoms with Crippen LogP contribution in [-0.4, -0.2) is 10.8 Å². The van der Waals surface area contributed by atoms with Crippen LogP contribution < -0.4 is 0 Å². The zero-order chi connectivity index (χ0) is 6.62. The Morgan fingerprint density at radius 2 is 2.25 bits per heavy atom. The average Bonchev–Trinajstić information content (AvgIpc) is 1.87. The summed E-state index contributed by atoms with van der Waals surface area (Å²) in [6, 6.07) is 1.91. The van der Waals surface area contributed by atoms with Crippen molar-refractivity contribution in [2.24, 2.45) is 0 Å². The molecule has 0 saturated heterocycles. The van der Waals surface area contributed by atoms with Gasteiger partial charge in [0.25, 0.3) is 0 Å². The van der Waals surface area contributed by atoms with Crippen molar-refractivity contribution in [3.63, 3.8) is 0 Å². The highest BCUT2D eigenvalue weighted by atomic mass is 35.5. The number of hydrogen-bond acceptors (Lipinski definition) is 1. The van der Waals surface area contributed by atoms with Gasteiger partial charge in [0.15, 0.2) is 0 Å². The molecule has 0 aliphatic heterocycles. The Morgan fingerprint density at radius 3 is 2.25 bits per heavy atom. The lowest BCUT2D eigenvalue weighted by Gasteiger charge is -2.09. The Labute approximate surface area is 59.2 Å². The lowest BCUT2D eigenvalue weighted by atomic mass is 10.1. The molecule has 0 heterocycles. The van der Waals surface area contributed by atoms with E-state index in [1.807, 2.05) is 13.0 Å². The van der Waals surface area contributed by atoms with Gasteiger partial charge in [0.1, 0.15) is 4.87 Å². The Balaban J connectivity index is 3.83. The molecule has 0 aromatic carbocycles. The second-order valence-electron chi connectivity index (χ2n) is 1.56. The van der Waals surface area contributed by atoms with Gasteiger partial charge in [0.2, 0.25) is 0 Å². The molecule has 0 aromatic rings. The molecular weight excluding hydrogens is 145 g/mol. The molecule has 0 aromatic heterocycles. The fraction of sp³-hybridized carbons (Fsp3) is 0.800. The third kappa shape index (κ3) is 1.90. The van der Waals surface area contributed by atoms with Gasteiger partial charge in [-0.1, -0.05) is 6.92 Å². The minimum Gasteiger partial charge on any atom is -0.196 e. The summed E-state index contributed by atoms with van der Waals surface area (Å²) in [5, 5.41) is 8.32. The molecule has 0 aliphatic carbocycles. The Morgan fingerprint density at radius 1 is 1.75 bits per heavy atom. The molecule has 0 aliphatic rings. The molecule has 0 fully saturated rings. The first-order chi connectivity index (χ1) is 3.68. The van der Waals surface area contributed by atoms with Gasteiger partial charge in [-0.15, -0.1) is 23.2 Å². The van der Waals surface area contributed by atoms with Crippen LogP contribution in [0.2, 0.25) is 0 Å². The average molecular weight is 152 g/mol. The highest BCUT2D eigenvalue weighted by Gasteiger charge is 2.22. The lowest BCUT2D eigenvalue weighted by Crippen LogP contribution is -2.18. The second kappa shape index (κ2) is 3.17. The predicted octanol–water partition coefficient (Wildman–Crippen LogP) is 2.14. The van der Waals surface area contributed by atoms with Crippen LogP contribution in [-0.2, 0) is 0 Å². The van der Waals surface area contributed by atoms with Crippen molar-refractivity contribution in [1.29, 1.82) is 5.26 Å². The van der Waals surface area contributed by atoms with E-state index < -0.39 is 4.87 Å². The highest BCUT2D eigenvalue weighted by Crippen LogP contribution is 2.19. The van der Waals surface area contributed by atoms with E-state index >= 15 is 0 Å². The summed E-state index contributed by atoms with van der Waals surface area (Å²) >= 11 is 11.0. The lowest BCUT2D eigenvalue weighted by molar-refractivity contribution is 0.762. The molecule has 0 N–H and O–H groups in total. The highest BCUT2D eigenvalue weighted by molar-refractivity contribution is 6.32. The minimum atomic E-state index is -0.832. The zero-order valence-corrected chi connectivity index (χ0v) is 6.13. The van der Waals surface area contributed by atoms with Crippen molar-refractivity contribution in [3.05, 3.63) is 0 Å². The van der Waals surface area contributed by atoms with Gasteiger partial charge in [-0.3, -0.25) is 0 Å². The largest absolute Gasteiger partial charge is 0.196 e. The number of hydrogen-bond donors (Lipinski definition) is 0. The van der Waals surface area contributed by atoms with Crippen molar-refractivity contribution in [2.45, 2.75) is 18.2 Å². The summed E-state index contributed by atoms with van der Waals surface area (Å²) in [6.07, 6.45) is 0.592. The van der Waals surface area contributed by atoms with Gasteiger partial charge >= 0.3 is 0 Å². The van der Waals surface area contributed by atoms with Gasteiger partial charge in [0, 0.05) is 0 Å². The first-order valence-corrected chi connectivity index (χ1v) is 3.26. The maximum absolute atomic E-state index is 8.32. The predicted molar refractivity (Wildman–Crippen MR) is 35.2 cm³/mol. The summed E-state index contributed by atoms with van der Waals surface area (Å²) in [4.78, 5) is -0.832. The van der Waals surface area contributed by atoms with Crippen LogP contribution in [0.1, 0.15) is 13.3 Å². The van der Waals surface area contributed by atoms with Gasteiger partial charge in [-0.25, -0.2) is 0 Å². The van der Waals surface area contributed by atoms with Crippen LogP contribution in [0.4, 0.5) is 0 Å². The summed E-state index contributed by atoms with van der Waals surface area (Å²) in [5.74, 6) is 0.196. The van der Waals surface area contributed by atoms with Crippen LogP contribution in [0, 0.1) is 11.3 Å². The first kappa shape index (κ1) is 8.07. The Kier molecular flexibility index (Phi) is 3.19. The molecule has 1 atom stereocenters. The summed E-state index contributed by atoms with van der Waals surface area (Å²) < 4.78 is 0. The molecule has 0 spiro atoms. The summed E-state index contributed by atoms with van der Waals surface area (Å²) in [5.41, 5.74) is 0. The van der Waals surface area contributed by atoms with E-state index in [-0.39, 0.29) is 5.88 Å². The van der Waals surface area contributed by atoms with Crippen molar-refractivity contribution in [3.8, 4) is 6.07 Å². The number of halogens is 2. The van der Waals surface area contributed by atoms with Gasteiger partial charge < -0.3 is 0 Å². The number of rotatable bonds is 2. The number of nitriles is 1. The molecule has 1 unspecified atom stereocenters. The molecule has 0 saturated carbocycles. The van der Waals surface area contributed by atoms with Crippen molar-refractivity contribution in [2.75, 3.05) is 5.88 Å². The second-order valence-corrected chi connectivity index (χ2v) is 2.56. The topological polar surface area (TPSA) is 23.8 Å². The van der Waals surface area contributed by atoms with E-state index in [1.54, 1.807) is 0 Å². The van der Waals surface area contributed by atoms with Crippen LogP contribution in [0.3, 0.4) is 0 Å². The standard InChI is InChI=1S/C5H7Cl2N/c1-2-5(7,3-6)4-8/h2-3H2,1H3. The van der Waals surface area contributed by atoms with Crippen LogP contribution in [0.5, 0.6) is 0 Å². The zero-order valence-electron chi connectivity index (χ0n) is 4.62. The van der Waals surface area contributed by atoms with Crippen LogP contribution in [0.25, 0.3) is 0 Å². The van der Waals surface area contributed by atoms with E-state index in [0.717, 1.165) is 0 Å². The molecule has 0 rings (SSSR count). The summed E-state index contributed by atoms with van der Waals surface area (Å²) in [6.45, 7) is 1.83. The van der Waals surface area contributed by atoms with E-state index in [0.29, 0.717) is 6.42 Å². The monoisotopic (exact) mass is 151 g/mol. The van der Waals surface area contributed by atoms with Crippen LogP contribution in [0.15, 0.2) is 0 Å². The summed E-state index contributed by atoms with van der Waals surface area (Å²) in [7, 11) is 0. The van der Waals surface area contributed by atoms with E-state index in [1.165, 1.54) is 0 Å². The molecule has 3 heteroatoms. The van der Waals surface area contributed by atoms with E-state index in [4.69, 9.17) is 28.5 Å². The van der Waals surface area contributed by atoms with Crippen LogP contribution >= 0.6 is 23.2 Å². The van der Waals surface area contributed by atoms with Gasteiger partial charge in [-0.05, 0) is 6.42 Å².